The van der Waals surface area contributed by atoms with Gasteiger partial charge in [0.2, 0.25) is 5.91 Å². The summed E-state index contributed by atoms with van der Waals surface area (Å²) >= 11 is 5.85. The molecule has 0 spiro atoms. The van der Waals surface area contributed by atoms with Gasteiger partial charge in [0, 0.05) is 30.4 Å². The molecule has 0 aliphatic carbocycles. The maximum atomic E-state index is 14.2. The van der Waals surface area contributed by atoms with E-state index in [1.807, 2.05) is 24.3 Å². The Morgan fingerprint density at radius 1 is 1.15 bits per heavy atom. The second-order valence-corrected chi connectivity index (χ2v) is 6.45. The van der Waals surface area contributed by atoms with Crippen molar-refractivity contribution in [1.82, 2.24) is 14.9 Å². The Balaban J connectivity index is 1.45. The molecule has 0 unspecified atom stereocenters. The fourth-order valence-corrected chi connectivity index (χ4v) is 2.79. The number of carbonyl (C=O) groups excluding carboxylic acids is 1. The van der Waals surface area contributed by atoms with Crippen LogP contribution in [0.2, 0.25) is 5.02 Å². The quantitative estimate of drug-likeness (QED) is 0.673. The Hall–Kier alpha value is -2.66. The average molecular weight is 372 g/mol. The molecule has 26 heavy (non-hydrogen) atoms. The van der Waals surface area contributed by atoms with Crippen molar-refractivity contribution in [3.8, 4) is 5.69 Å². The molecule has 4 nitrogen and oxygen atoms in total. The number of aromatic nitrogens is 2. The van der Waals surface area contributed by atoms with E-state index >= 15 is 0 Å². The normalized spacial score (nSPS) is 10.7. The van der Waals surface area contributed by atoms with Gasteiger partial charge < -0.3 is 9.88 Å². The highest BCUT2D eigenvalue weighted by Crippen LogP contribution is 2.15. The molecule has 134 valence electrons. The van der Waals surface area contributed by atoms with Crippen molar-refractivity contribution in [2.75, 3.05) is 0 Å². The van der Waals surface area contributed by atoms with Crippen molar-refractivity contribution in [2.45, 2.75) is 25.8 Å². The molecule has 3 rings (SSSR count). The van der Waals surface area contributed by atoms with Crippen LogP contribution in [-0.4, -0.2) is 15.5 Å². The third-order valence-electron chi connectivity index (χ3n) is 4.07. The number of hydrogen-bond donors (Lipinski definition) is 1. The first kappa shape index (κ1) is 18.1. The number of carbonyl (C=O) groups is 1. The van der Waals surface area contributed by atoms with E-state index in [9.17, 15) is 9.18 Å². The maximum Gasteiger partial charge on any atom is 0.220 e. The predicted molar refractivity (Wildman–Crippen MR) is 99.8 cm³/mol. The molecule has 1 heterocycles. The first-order chi connectivity index (χ1) is 12.6. The van der Waals surface area contributed by atoms with Crippen LogP contribution in [0.5, 0.6) is 0 Å². The molecule has 6 heteroatoms. The van der Waals surface area contributed by atoms with Crippen LogP contribution < -0.4 is 5.32 Å². The van der Waals surface area contributed by atoms with E-state index in [1.54, 1.807) is 35.4 Å². The molecule has 1 amide bonds. The number of imidazole rings is 1. The molecule has 0 fully saturated rings. The first-order valence-electron chi connectivity index (χ1n) is 8.40. The summed E-state index contributed by atoms with van der Waals surface area (Å²) in [5.74, 6) is -0.393. The van der Waals surface area contributed by atoms with Crippen molar-refractivity contribution in [3.63, 3.8) is 0 Å². The number of aryl methyl sites for hydroxylation is 1. The Kier molecular flexibility index (Phi) is 6.02. The van der Waals surface area contributed by atoms with Gasteiger partial charge in [-0.2, -0.15) is 0 Å². The van der Waals surface area contributed by atoms with Crippen LogP contribution in [0.4, 0.5) is 4.39 Å². The lowest BCUT2D eigenvalue weighted by molar-refractivity contribution is -0.121. The van der Waals surface area contributed by atoms with E-state index in [1.165, 1.54) is 6.07 Å². The summed E-state index contributed by atoms with van der Waals surface area (Å²) in [4.78, 5) is 15.9. The van der Waals surface area contributed by atoms with E-state index in [0.29, 0.717) is 23.7 Å². The zero-order valence-electron chi connectivity index (χ0n) is 14.2. The SMILES string of the molecule is O=C(CCCc1ccc(Cl)cc1)NCc1ccc(-n2ccnc2)c(F)c1. The van der Waals surface area contributed by atoms with Gasteiger partial charge in [0.1, 0.15) is 5.82 Å². The fraction of sp³-hybridized carbons (Fsp3) is 0.200. The summed E-state index contributed by atoms with van der Waals surface area (Å²) in [5, 5.41) is 3.54. The fourth-order valence-electron chi connectivity index (χ4n) is 2.66. The molecule has 0 aliphatic heterocycles. The lowest BCUT2D eigenvalue weighted by Crippen LogP contribution is -2.22. The minimum atomic E-state index is -0.350. The lowest BCUT2D eigenvalue weighted by Gasteiger charge is -2.08. The van der Waals surface area contributed by atoms with Crippen molar-refractivity contribution in [2.24, 2.45) is 0 Å². The number of hydrogen-bond acceptors (Lipinski definition) is 2. The van der Waals surface area contributed by atoms with Crippen LogP contribution in [0, 0.1) is 5.82 Å². The van der Waals surface area contributed by atoms with Gasteiger partial charge in [-0.05, 0) is 48.2 Å². The molecule has 0 bridgehead atoms. The first-order valence-corrected chi connectivity index (χ1v) is 8.77. The number of nitrogens with zero attached hydrogens (tertiary/aromatic N) is 2. The number of amides is 1. The largest absolute Gasteiger partial charge is 0.352 e. The molecule has 2 aromatic carbocycles. The average Bonchev–Trinajstić information content (AvgIpc) is 3.16. The number of rotatable bonds is 7. The Morgan fingerprint density at radius 2 is 1.92 bits per heavy atom. The highest BCUT2D eigenvalue weighted by molar-refractivity contribution is 6.30. The monoisotopic (exact) mass is 371 g/mol. The number of nitrogens with one attached hydrogen (secondary N) is 1. The van der Waals surface area contributed by atoms with E-state index in [0.717, 1.165) is 24.0 Å². The molecular weight excluding hydrogens is 353 g/mol. The number of benzene rings is 2. The molecule has 0 radical (unpaired) electrons. The summed E-state index contributed by atoms with van der Waals surface area (Å²) < 4.78 is 15.8. The lowest BCUT2D eigenvalue weighted by atomic mass is 10.1. The maximum absolute atomic E-state index is 14.2. The molecule has 3 aromatic rings. The minimum absolute atomic E-state index is 0.0435. The Labute approximate surface area is 156 Å². The summed E-state index contributed by atoms with van der Waals surface area (Å²) in [7, 11) is 0. The van der Waals surface area contributed by atoms with E-state index < -0.39 is 0 Å². The highest BCUT2D eigenvalue weighted by Gasteiger charge is 2.07. The standard InChI is InChI=1S/C20H19ClFN3O/c21-17-7-4-15(5-8-17)2-1-3-20(26)24-13-16-6-9-19(18(22)12-16)25-11-10-23-14-25/h4-12,14H,1-3,13H2,(H,24,26). The van der Waals surface area contributed by atoms with Gasteiger partial charge in [-0.25, -0.2) is 9.37 Å². The van der Waals surface area contributed by atoms with Crippen LogP contribution in [0.3, 0.4) is 0 Å². The second kappa shape index (κ2) is 8.63. The Morgan fingerprint density at radius 3 is 2.62 bits per heavy atom. The van der Waals surface area contributed by atoms with Crippen molar-refractivity contribution in [1.29, 1.82) is 0 Å². The van der Waals surface area contributed by atoms with E-state index in [2.05, 4.69) is 10.3 Å². The zero-order chi connectivity index (χ0) is 18.4. The summed E-state index contributed by atoms with van der Waals surface area (Å²) in [6.07, 6.45) is 6.82. The van der Waals surface area contributed by atoms with Crippen LogP contribution in [0.15, 0.2) is 61.2 Å². The number of halogens is 2. The van der Waals surface area contributed by atoms with Crippen molar-refractivity contribution in [3.05, 3.63) is 83.2 Å². The van der Waals surface area contributed by atoms with Gasteiger partial charge in [-0.1, -0.05) is 29.8 Å². The molecule has 0 saturated carbocycles. The summed E-state index contributed by atoms with van der Waals surface area (Å²) in [6, 6.07) is 12.5. The van der Waals surface area contributed by atoms with Crippen LogP contribution in [-0.2, 0) is 17.8 Å². The van der Waals surface area contributed by atoms with Gasteiger partial charge >= 0.3 is 0 Å². The summed E-state index contributed by atoms with van der Waals surface area (Å²) in [5.41, 5.74) is 2.30. The zero-order valence-corrected chi connectivity index (χ0v) is 14.9. The predicted octanol–water partition coefficient (Wildman–Crippen LogP) is 4.30. The molecule has 0 aliphatic rings. The third-order valence-corrected chi connectivity index (χ3v) is 4.32. The molecule has 1 N–H and O–H groups in total. The molecule has 0 atom stereocenters. The van der Waals surface area contributed by atoms with Crippen molar-refractivity contribution < 1.29 is 9.18 Å². The molecule has 0 saturated heterocycles. The Bertz CT molecular complexity index is 863. The molecule has 1 aromatic heterocycles. The second-order valence-electron chi connectivity index (χ2n) is 6.01. The van der Waals surface area contributed by atoms with Crippen LogP contribution in [0.1, 0.15) is 24.0 Å². The topological polar surface area (TPSA) is 46.9 Å². The van der Waals surface area contributed by atoms with Gasteiger partial charge in [0.15, 0.2) is 0 Å². The van der Waals surface area contributed by atoms with E-state index in [4.69, 9.17) is 11.6 Å². The van der Waals surface area contributed by atoms with Gasteiger partial charge in [0.25, 0.3) is 0 Å². The third kappa shape index (κ3) is 4.92. The highest BCUT2D eigenvalue weighted by atomic mass is 35.5. The van der Waals surface area contributed by atoms with Gasteiger partial charge in [0.05, 0.1) is 12.0 Å². The van der Waals surface area contributed by atoms with Crippen LogP contribution >= 0.6 is 11.6 Å². The van der Waals surface area contributed by atoms with E-state index in [-0.39, 0.29) is 11.7 Å². The van der Waals surface area contributed by atoms with Crippen LogP contribution in [0.25, 0.3) is 5.69 Å². The minimum Gasteiger partial charge on any atom is -0.352 e. The smallest absolute Gasteiger partial charge is 0.220 e. The summed E-state index contributed by atoms with van der Waals surface area (Å²) in [6.45, 7) is 0.306. The molecular formula is C20H19ClFN3O. The van der Waals surface area contributed by atoms with Gasteiger partial charge in [-0.3, -0.25) is 4.79 Å². The van der Waals surface area contributed by atoms with Gasteiger partial charge in [-0.15, -0.1) is 0 Å². The van der Waals surface area contributed by atoms with Crippen molar-refractivity contribution >= 4 is 17.5 Å².